The van der Waals surface area contributed by atoms with Crippen molar-refractivity contribution in [2.24, 2.45) is 11.8 Å². The molecular formula is C17H18O5S. The molecule has 1 aromatic carbocycles. The summed E-state index contributed by atoms with van der Waals surface area (Å²) in [5.41, 5.74) is 1.12. The lowest BCUT2D eigenvalue weighted by Gasteiger charge is -2.26. The van der Waals surface area contributed by atoms with Gasteiger partial charge in [-0.25, -0.2) is 0 Å². The van der Waals surface area contributed by atoms with E-state index in [1.54, 1.807) is 6.08 Å². The highest BCUT2D eigenvalue weighted by Crippen LogP contribution is 2.37. The number of aryl methyl sites for hydroxylation is 1. The number of rotatable bonds is 4. The predicted molar refractivity (Wildman–Crippen MR) is 85.8 cm³/mol. The largest absolute Gasteiger partial charge is 0.469 e. The summed E-state index contributed by atoms with van der Waals surface area (Å²) in [5, 5.41) is 0. The van der Waals surface area contributed by atoms with E-state index < -0.39 is 29.6 Å². The summed E-state index contributed by atoms with van der Waals surface area (Å²) in [6, 6.07) is 7.72. The fourth-order valence-electron chi connectivity index (χ4n) is 2.41. The van der Waals surface area contributed by atoms with E-state index in [0.29, 0.717) is 4.91 Å². The molecule has 0 aromatic heterocycles. The lowest BCUT2D eigenvalue weighted by Crippen LogP contribution is -2.39. The van der Waals surface area contributed by atoms with Gasteiger partial charge in [0.25, 0.3) is 0 Å². The molecule has 2 rings (SSSR count). The van der Waals surface area contributed by atoms with Gasteiger partial charge in [0, 0.05) is 4.90 Å². The van der Waals surface area contributed by atoms with Crippen molar-refractivity contribution >= 4 is 29.5 Å². The van der Waals surface area contributed by atoms with E-state index in [1.165, 1.54) is 26.0 Å². The highest BCUT2D eigenvalue weighted by atomic mass is 32.2. The van der Waals surface area contributed by atoms with Crippen molar-refractivity contribution in [2.45, 2.75) is 18.2 Å². The third-order valence-electron chi connectivity index (χ3n) is 3.69. The summed E-state index contributed by atoms with van der Waals surface area (Å²) in [5.74, 6) is -3.67. The number of hydrogen-bond acceptors (Lipinski definition) is 6. The summed E-state index contributed by atoms with van der Waals surface area (Å²) >= 11 is 1.29. The number of thioether (sulfide) groups is 1. The molecule has 0 heterocycles. The highest BCUT2D eigenvalue weighted by molar-refractivity contribution is 8.04. The summed E-state index contributed by atoms with van der Waals surface area (Å²) in [7, 11) is 2.44. The SMILES string of the molecule is COC(=O)C1CC=C(Sc2ccc(C)cc2)C(=O)C1C(=O)OC. The molecule has 122 valence electrons. The molecule has 0 radical (unpaired) electrons. The van der Waals surface area contributed by atoms with E-state index in [0.717, 1.165) is 10.5 Å². The minimum absolute atomic E-state index is 0.270. The first-order valence-electron chi connectivity index (χ1n) is 7.12. The second-order valence-electron chi connectivity index (χ2n) is 5.21. The molecule has 23 heavy (non-hydrogen) atoms. The molecule has 1 aromatic rings. The molecule has 0 saturated carbocycles. The van der Waals surface area contributed by atoms with Gasteiger partial charge in [0.05, 0.1) is 25.0 Å². The molecule has 0 bridgehead atoms. The first-order valence-corrected chi connectivity index (χ1v) is 7.94. The average Bonchev–Trinajstić information content (AvgIpc) is 2.57. The third-order valence-corrected chi connectivity index (χ3v) is 4.79. The minimum atomic E-state index is -1.15. The standard InChI is InChI=1S/C17H18O5S/c1-10-4-6-11(7-5-10)23-13-9-8-12(16(19)21-2)14(15(13)18)17(20)22-3/h4-7,9,12,14H,8H2,1-3H3. The molecule has 1 aliphatic carbocycles. The fraction of sp³-hybridized carbons (Fsp3) is 0.353. The highest BCUT2D eigenvalue weighted by Gasteiger charge is 2.44. The molecule has 5 nitrogen and oxygen atoms in total. The van der Waals surface area contributed by atoms with Crippen LogP contribution in [0.1, 0.15) is 12.0 Å². The Balaban J connectivity index is 2.26. The van der Waals surface area contributed by atoms with E-state index in [-0.39, 0.29) is 6.42 Å². The third kappa shape index (κ3) is 3.82. The van der Waals surface area contributed by atoms with Gasteiger partial charge in [-0.1, -0.05) is 35.5 Å². The molecule has 0 amide bonds. The van der Waals surface area contributed by atoms with Crippen molar-refractivity contribution in [2.75, 3.05) is 14.2 Å². The predicted octanol–water partition coefficient (Wildman–Crippen LogP) is 2.52. The lowest BCUT2D eigenvalue weighted by molar-refractivity contribution is -0.160. The Kier molecular flexibility index (Phi) is 5.60. The number of Topliss-reactive ketones (excluding diaryl/α,β-unsaturated/α-hetero) is 1. The fourth-order valence-corrected chi connectivity index (χ4v) is 3.35. The quantitative estimate of drug-likeness (QED) is 0.622. The van der Waals surface area contributed by atoms with E-state index in [4.69, 9.17) is 9.47 Å². The van der Waals surface area contributed by atoms with Crippen LogP contribution >= 0.6 is 11.8 Å². The number of carbonyl (C=O) groups excluding carboxylic acids is 3. The van der Waals surface area contributed by atoms with Crippen molar-refractivity contribution in [3.63, 3.8) is 0 Å². The number of hydrogen-bond donors (Lipinski definition) is 0. The monoisotopic (exact) mass is 334 g/mol. The van der Waals surface area contributed by atoms with Crippen molar-refractivity contribution in [3.8, 4) is 0 Å². The minimum Gasteiger partial charge on any atom is -0.469 e. The summed E-state index contributed by atoms with van der Waals surface area (Å²) < 4.78 is 9.39. The Morgan fingerprint density at radius 2 is 1.70 bits per heavy atom. The van der Waals surface area contributed by atoms with Crippen LogP contribution in [0.4, 0.5) is 0 Å². The second kappa shape index (κ2) is 7.46. The van der Waals surface area contributed by atoms with Gasteiger partial charge in [0.2, 0.25) is 0 Å². The maximum absolute atomic E-state index is 12.6. The molecule has 0 aliphatic heterocycles. The van der Waals surface area contributed by atoms with Gasteiger partial charge in [0.1, 0.15) is 5.92 Å². The van der Waals surface area contributed by atoms with Crippen LogP contribution in [0.25, 0.3) is 0 Å². The van der Waals surface area contributed by atoms with Crippen LogP contribution in [0.2, 0.25) is 0 Å². The Labute approximate surface area is 139 Å². The maximum atomic E-state index is 12.6. The van der Waals surface area contributed by atoms with E-state index in [2.05, 4.69) is 0 Å². The Morgan fingerprint density at radius 1 is 1.09 bits per heavy atom. The van der Waals surface area contributed by atoms with Crippen molar-refractivity contribution in [1.82, 2.24) is 0 Å². The van der Waals surface area contributed by atoms with Crippen LogP contribution in [0.5, 0.6) is 0 Å². The van der Waals surface area contributed by atoms with Crippen LogP contribution < -0.4 is 0 Å². The van der Waals surface area contributed by atoms with Crippen LogP contribution in [0.15, 0.2) is 40.1 Å². The first kappa shape index (κ1) is 17.3. The van der Waals surface area contributed by atoms with Gasteiger partial charge in [-0.15, -0.1) is 0 Å². The van der Waals surface area contributed by atoms with Crippen molar-refractivity contribution < 1.29 is 23.9 Å². The van der Waals surface area contributed by atoms with Gasteiger partial charge in [-0.05, 0) is 25.5 Å². The zero-order chi connectivity index (χ0) is 17.0. The normalized spacial score (nSPS) is 20.7. The Bertz CT molecular complexity index is 647. The zero-order valence-corrected chi connectivity index (χ0v) is 14.0. The van der Waals surface area contributed by atoms with Gasteiger partial charge < -0.3 is 9.47 Å². The topological polar surface area (TPSA) is 69.7 Å². The summed E-state index contributed by atoms with van der Waals surface area (Å²) in [6.07, 6.45) is 1.96. The van der Waals surface area contributed by atoms with Crippen LogP contribution in [-0.2, 0) is 23.9 Å². The van der Waals surface area contributed by atoms with E-state index >= 15 is 0 Å². The van der Waals surface area contributed by atoms with Crippen LogP contribution in [0.3, 0.4) is 0 Å². The summed E-state index contributed by atoms with van der Waals surface area (Å²) in [4.78, 5) is 37.8. The second-order valence-corrected chi connectivity index (χ2v) is 6.33. The molecule has 1 aliphatic rings. The molecule has 2 unspecified atom stereocenters. The number of ether oxygens (including phenoxy) is 2. The van der Waals surface area contributed by atoms with Crippen molar-refractivity contribution in [1.29, 1.82) is 0 Å². The smallest absolute Gasteiger partial charge is 0.317 e. The van der Waals surface area contributed by atoms with Gasteiger partial charge in [-0.3, -0.25) is 14.4 Å². The Hall–Kier alpha value is -2.08. The summed E-state index contributed by atoms with van der Waals surface area (Å²) in [6.45, 7) is 1.98. The van der Waals surface area contributed by atoms with Gasteiger partial charge in [0.15, 0.2) is 5.78 Å². The van der Waals surface area contributed by atoms with Crippen LogP contribution in [0, 0.1) is 18.8 Å². The first-order chi connectivity index (χ1) is 11.0. The van der Waals surface area contributed by atoms with E-state index in [1.807, 2.05) is 31.2 Å². The number of carbonyl (C=O) groups is 3. The van der Waals surface area contributed by atoms with Crippen molar-refractivity contribution in [3.05, 3.63) is 40.8 Å². The number of esters is 2. The zero-order valence-electron chi connectivity index (χ0n) is 13.2. The molecule has 0 N–H and O–H groups in total. The molecule has 0 saturated heterocycles. The lowest BCUT2D eigenvalue weighted by atomic mass is 9.82. The van der Waals surface area contributed by atoms with Gasteiger partial charge in [-0.2, -0.15) is 0 Å². The van der Waals surface area contributed by atoms with Crippen LogP contribution in [-0.4, -0.2) is 31.9 Å². The number of allylic oxidation sites excluding steroid dienone is 2. The van der Waals surface area contributed by atoms with Gasteiger partial charge >= 0.3 is 11.9 Å². The number of benzene rings is 1. The maximum Gasteiger partial charge on any atom is 0.317 e. The molecule has 6 heteroatoms. The number of methoxy groups -OCH3 is 2. The average molecular weight is 334 g/mol. The molecule has 0 spiro atoms. The number of ketones is 1. The molecule has 0 fully saturated rings. The molecule has 2 atom stereocenters. The molecular weight excluding hydrogens is 316 g/mol. The Morgan fingerprint density at radius 3 is 2.26 bits per heavy atom. The van der Waals surface area contributed by atoms with E-state index in [9.17, 15) is 14.4 Å².